The third-order valence-corrected chi connectivity index (χ3v) is 3.39. The van der Waals surface area contributed by atoms with Crippen molar-refractivity contribution in [1.82, 2.24) is 5.32 Å². The normalized spacial score (nSPS) is 13.7. The summed E-state index contributed by atoms with van der Waals surface area (Å²) in [6, 6.07) is 4.87. The summed E-state index contributed by atoms with van der Waals surface area (Å²) >= 11 is 11.6. The van der Waals surface area contributed by atoms with Crippen molar-refractivity contribution >= 4 is 23.2 Å². The van der Waals surface area contributed by atoms with Crippen LogP contribution >= 0.6 is 23.2 Å². The number of alkyl halides is 3. The minimum atomic E-state index is -4.12. The number of halogens is 5. The molecule has 0 radical (unpaired) electrons. The fraction of sp³-hybridized carbons (Fsp3) is 0.500. The van der Waals surface area contributed by atoms with E-state index in [-0.39, 0.29) is 12.5 Å². The fourth-order valence-corrected chi connectivity index (χ4v) is 1.96. The van der Waals surface area contributed by atoms with E-state index < -0.39 is 12.6 Å². The van der Waals surface area contributed by atoms with Crippen molar-refractivity contribution in [2.45, 2.75) is 31.5 Å². The van der Waals surface area contributed by atoms with Crippen molar-refractivity contribution in [2.24, 2.45) is 0 Å². The fourth-order valence-electron chi connectivity index (χ4n) is 1.64. The maximum atomic E-state index is 12.1. The van der Waals surface area contributed by atoms with E-state index in [1.165, 1.54) is 0 Å². The lowest BCUT2D eigenvalue weighted by Crippen LogP contribution is -2.29. The van der Waals surface area contributed by atoms with Crippen LogP contribution in [0.5, 0.6) is 0 Å². The second-order valence-corrected chi connectivity index (χ2v) is 4.91. The highest BCUT2D eigenvalue weighted by Crippen LogP contribution is 2.25. The van der Waals surface area contributed by atoms with Crippen molar-refractivity contribution in [1.29, 1.82) is 0 Å². The Morgan fingerprint density at radius 2 is 1.89 bits per heavy atom. The summed E-state index contributed by atoms with van der Waals surface area (Å²) in [5.74, 6) is 0. The first-order valence-electron chi connectivity index (χ1n) is 5.50. The highest BCUT2D eigenvalue weighted by molar-refractivity contribution is 6.42. The van der Waals surface area contributed by atoms with Gasteiger partial charge in [0.05, 0.1) is 10.0 Å². The minimum absolute atomic E-state index is 0.0419. The molecule has 1 nitrogen and oxygen atoms in total. The van der Waals surface area contributed by atoms with Crippen molar-refractivity contribution in [3.63, 3.8) is 0 Å². The SMILES string of the molecule is CNC(CCC(F)(F)F)Cc1ccc(Cl)c(Cl)c1. The summed E-state index contributed by atoms with van der Waals surface area (Å²) in [4.78, 5) is 0. The zero-order valence-corrected chi connectivity index (χ0v) is 11.3. The van der Waals surface area contributed by atoms with Crippen molar-refractivity contribution in [2.75, 3.05) is 7.05 Å². The molecule has 0 aliphatic rings. The molecule has 0 spiro atoms. The van der Waals surface area contributed by atoms with Crippen LogP contribution in [0.25, 0.3) is 0 Å². The Morgan fingerprint density at radius 1 is 1.22 bits per heavy atom. The van der Waals surface area contributed by atoms with Gasteiger partial charge in [-0.2, -0.15) is 13.2 Å². The van der Waals surface area contributed by atoms with Crippen LogP contribution in [0.4, 0.5) is 13.2 Å². The van der Waals surface area contributed by atoms with Crippen LogP contribution < -0.4 is 5.32 Å². The van der Waals surface area contributed by atoms with Gasteiger partial charge in [-0.05, 0) is 37.6 Å². The summed E-state index contributed by atoms with van der Waals surface area (Å²) in [7, 11) is 1.65. The molecule has 0 aromatic heterocycles. The number of rotatable bonds is 5. The van der Waals surface area contributed by atoms with E-state index >= 15 is 0 Å². The molecule has 6 heteroatoms. The lowest BCUT2D eigenvalue weighted by molar-refractivity contribution is -0.136. The third kappa shape index (κ3) is 5.46. The quantitative estimate of drug-likeness (QED) is 0.846. The number of nitrogens with one attached hydrogen (secondary N) is 1. The summed E-state index contributed by atoms with van der Waals surface area (Å²) in [6.07, 6.45) is -4.38. The molecular formula is C12H14Cl2F3N. The summed E-state index contributed by atoms with van der Waals surface area (Å²) < 4.78 is 36.4. The Hall–Kier alpha value is -0.450. The van der Waals surface area contributed by atoms with E-state index in [1.54, 1.807) is 25.2 Å². The van der Waals surface area contributed by atoms with E-state index in [2.05, 4.69) is 5.32 Å². The van der Waals surface area contributed by atoms with Crippen LogP contribution in [0.2, 0.25) is 10.0 Å². The predicted molar refractivity (Wildman–Crippen MR) is 68.3 cm³/mol. The van der Waals surface area contributed by atoms with E-state index in [0.717, 1.165) is 5.56 Å². The first-order chi connectivity index (χ1) is 8.31. The van der Waals surface area contributed by atoms with Crippen molar-refractivity contribution < 1.29 is 13.2 Å². The van der Waals surface area contributed by atoms with Crippen LogP contribution in [-0.2, 0) is 6.42 Å². The molecule has 1 unspecified atom stereocenters. The van der Waals surface area contributed by atoms with E-state index in [4.69, 9.17) is 23.2 Å². The third-order valence-electron chi connectivity index (χ3n) is 2.65. The predicted octanol–water partition coefficient (Wildman–Crippen LogP) is 4.47. The molecule has 0 saturated carbocycles. The monoisotopic (exact) mass is 299 g/mol. The first kappa shape index (κ1) is 15.6. The molecule has 0 amide bonds. The molecule has 0 bridgehead atoms. The van der Waals surface area contributed by atoms with Crippen LogP contribution in [-0.4, -0.2) is 19.3 Å². The molecule has 1 aromatic rings. The van der Waals surface area contributed by atoms with Crippen LogP contribution in [0.15, 0.2) is 18.2 Å². The number of hydrogen-bond donors (Lipinski definition) is 1. The van der Waals surface area contributed by atoms with Crippen LogP contribution in [0, 0.1) is 0 Å². The lowest BCUT2D eigenvalue weighted by Gasteiger charge is -2.17. The molecule has 18 heavy (non-hydrogen) atoms. The maximum absolute atomic E-state index is 12.1. The van der Waals surface area contributed by atoms with Crippen LogP contribution in [0.1, 0.15) is 18.4 Å². The average molecular weight is 300 g/mol. The standard InChI is InChI=1S/C12H14Cl2F3N/c1-18-9(4-5-12(15,16)17)6-8-2-3-10(13)11(14)7-8/h2-3,7,9,18H,4-6H2,1H3. The highest BCUT2D eigenvalue weighted by Gasteiger charge is 2.28. The van der Waals surface area contributed by atoms with Crippen molar-refractivity contribution in [3.8, 4) is 0 Å². The molecule has 1 rings (SSSR count). The summed E-state index contributed by atoms with van der Waals surface area (Å²) in [5, 5.41) is 3.74. The molecule has 1 N–H and O–H groups in total. The van der Waals surface area contributed by atoms with E-state index in [9.17, 15) is 13.2 Å². The van der Waals surface area contributed by atoms with Crippen molar-refractivity contribution in [3.05, 3.63) is 33.8 Å². The molecule has 0 saturated heterocycles. The molecule has 0 heterocycles. The summed E-state index contributed by atoms with van der Waals surface area (Å²) in [6.45, 7) is 0. The minimum Gasteiger partial charge on any atom is -0.317 e. The number of hydrogen-bond acceptors (Lipinski definition) is 1. The van der Waals surface area contributed by atoms with Gasteiger partial charge >= 0.3 is 6.18 Å². The zero-order chi connectivity index (χ0) is 13.8. The molecule has 0 aliphatic heterocycles. The van der Waals surface area contributed by atoms with Gasteiger partial charge in [0.25, 0.3) is 0 Å². The molecule has 1 aromatic carbocycles. The van der Waals surface area contributed by atoms with Gasteiger partial charge < -0.3 is 5.32 Å². The molecule has 0 aliphatic carbocycles. The van der Waals surface area contributed by atoms with Gasteiger partial charge in [-0.1, -0.05) is 29.3 Å². The Bertz CT molecular complexity index is 393. The number of benzene rings is 1. The van der Waals surface area contributed by atoms with E-state index in [1.807, 2.05) is 0 Å². The van der Waals surface area contributed by atoms with Gasteiger partial charge in [-0.15, -0.1) is 0 Å². The Morgan fingerprint density at radius 3 is 2.39 bits per heavy atom. The van der Waals surface area contributed by atoms with Gasteiger partial charge in [0.1, 0.15) is 0 Å². The molecule has 102 valence electrons. The van der Waals surface area contributed by atoms with Gasteiger partial charge in [0, 0.05) is 12.5 Å². The maximum Gasteiger partial charge on any atom is 0.389 e. The largest absolute Gasteiger partial charge is 0.389 e. The first-order valence-corrected chi connectivity index (χ1v) is 6.25. The zero-order valence-electron chi connectivity index (χ0n) is 9.82. The topological polar surface area (TPSA) is 12.0 Å². The Balaban J connectivity index is 2.59. The molecule has 1 atom stereocenters. The smallest absolute Gasteiger partial charge is 0.317 e. The van der Waals surface area contributed by atoms with Crippen LogP contribution in [0.3, 0.4) is 0 Å². The Labute approximate surface area is 114 Å². The van der Waals surface area contributed by atoms with Gasteiger partial charge in [0.15, 0.2) is 0 Å². The van der Waals surface area contributed by atoms with Gasteiger partial charge in [-0.3, -0.25) is 0 Å². The highest BCUT2D eigenvalue weighted by atomic mass is 35.5. The lowest BCUT2D eigenvalue weighted by atomic mass is 10.0. The van der Waals surface area contributed by atoms with E-state index in [0.29, 0.717) is 16.5 Å². The molecule has 0 fully saturated rings. The molecular weight excluding hydrogens is 286 g/mol. The number of likely N-dealkylation sites (N-methyl/N-ethyl adjacent to an activating group) is 1. The van der Waals surface area contributed by atoms with Gasteiger partial charge in [0.2, 0.25) is 0 Å². The Kier molecular flexibility index (Phi) is 5.76. The second-order valence-electron chi connectivity index (χ2n) is 4.09. The average Bonchev–Trinajstić information content (AvgIpc) is 2.28. The van der Waals surface area contributed by atoms with Gasteiger partial charge in [-0.25, -0.2) is 0 Å². The second kappa shape index (κ2) is 6.64. The summed E-state index contributed by atoms with van der Waals surface area (Å²) in [5.41, 5.74) is 0.867.